The summed E-state index contributed by atoms with van der Waals surface area (Å²) >= 11 is 1.51. The number of hydrogen-bond donors (Lipinski definition) is 1. The molecule has 1 aromatic heterocycles. The van der Waals surface area contributed by atoms with Gasteiger partial charge in [0.25, 0.3) is 0 Å². The second kappa shape index (κ2) is 5.43. The van der Waals surface area contributed by atoms with Crippen LogP contribution in [0.15, 0.2) is 17.5 Å². The molecule has 1 unspecified atom stereocenters. The molecule has 1 aliphatic heterocycles. The van der Waals surface area contributed by atoms with E-state index in [0.29, 0.717) is 19.8 Å². The maximum atomic E-state index is 11.2. The number of hydrogen-bond acceptors (Lipinski definition) is 4. The molecule has 1 N–H and O–H groups in total. The Kier molecular flexibility index (Phi) is 3.93. The zero-order valence-electron chi connectivity index (χ0n) is 8.96. The molecule has 2 rings (SSSR count). The molecule has 0 aliphatic carbocycles. The second-order valence-corrected chi connectivity index (χ2v) is 4.80. The first-order valence-electron chi connectivity index (χ1n) is 5.33. The van der Waals surface area contributed by atoms with E-state index in [-0.39, 0.29) is 0 Å². The molecule has 0 bridgehead atoms. The van der Waals surface area contributed by atoms with Gasteiger partial charge in [-0.15, -0.1) is 11.3 Å². The van der Waals surface area contributed by atoms with Crippen LogP contribution in [0.1, 0.15) is 10.8 Å². The Morgan fingerprint density at radius 3 is 2.88 bits per heavy atom. The lowest BCUT2D eigenvalue weighted by Crippen LogP contribution is -2.40. The van der Waals surface area contributed by atoms with Gasteiger partial charge in [-0.05, 0) is 11.4 Å². The number of morpholine rings is 1. The zero-order chi connectivity index (χ0) is 11.4. The van der Waals surface area contributed by atoms with Crippen molar-refractivity contribution in [3.05, 3.63) is 22.4 Å². The van der Waals surface area contributed by atoms with Crippen molar-refractivity contribution in [1.82, 2.24) is 4.90 Å². The molecule has 4 nitrogen and oxygen atoms in total. The van der Waals surface area contributed by atoms with Crippen LogP contribution in [0.25, 0.3) is 0 Å². The first kappa shape index (κ1) is 11.6. The van der Waals surface area contributed by atoms with Gasteiger partial charge in [-0.3, -0.25) is 9.69 Å². The number of rotatable bonds is 4. The van der Waals surface area contributed by atoms with Crippen molar-refractivity contribution in [2.45, 2.75) is 5.92 Å². The van der Waals surface area contributed by atoms with Gasteiger partial charge in [0.15, 0.2) is 0 Å². The molecule has 1 fully saturated rings. The van der Waals surface area contributed by atoms with Crippen molar-refractivity contribution < 1.29 is 14.6 Å². The fourth-order valence-electron chi connectivity index (χ4n) is 1.82. The number of carboxylic acid groups (broad SMARTS) is 1. The van der Waals surface area contributed by atoms with Crippen LogP contribution in [0.4, 0.5) is 0 Å². The highest BCUT2D eigenvalue weighted by Gasteiger charge is 2.24. The van der Waals surface area contributed by atoms with Crippen LogP contribution in [0.2, 0.25) is 0 Å². The van der Waals surface area contributed by atoms with Crippen LogP contribution < -0.4 is 0 Å². The standard InChI is InChI=1S/C11H15NO3S/c13-11(14)9(10-2-1-7-16-10)8-12-3-5-15-6-4-12/h1-2,7,9H,3-6,8H2,(H,13,14). The van der Waals surface area contributed by atoms with E-state index in [1.165, 1.54) is 11.3 Å². The average molecular weight is 241 g/mol. The summed E-state index contributed by atoms with van der Waals surface area (Å²) in [7, 11) is 0. The number of ether oxygens (including phenoxy) is 1. The number of carbonyl (C=O) groups is 1. The number of nitrogens with zero attached hydrogens (tertiary/aromatic N) is 1. The minimum absolute atomic E-state index is 0.405. The Morgan fingerprint density at radius 1 is 1.56 bits per heavy atom. The first-order chi connectivity index (χ1) is 7.77. The van der Waals surface area contributed by atoms with E-state index >= 15 is 0 Å². The van der Waals surface area contributed by atoms with Crippen molar-refractivity contribution >= 4 is 17.3 Å². The number of thiophene rings is 1. The third-order valence-electron chi connectivity index (χ3n) is 2.73. The smallest absolute Gasteiger partial charge is 0.313 e. The molecule has 88 valence electrons. The van der Waals surface area contributed by atoms with Crippen molar-refractivity contribution in [3.63, 3.8) is 0 Å². The Balaban J connectivity index is 2.00. The molecule has 0 spiro atoms. The first-order valence-corrected chi connectivity index (χ1v) is 6.21. The van der Waals surface area contributed by atoms with Crippen LogP contribution in [0.5, 0.6) is 0 Å². The van der Waals surface area contributed by atoms with Gasteiger partial charge in [-0.25, -0.2) is 0 Å². The van der Waals surface area contributed by atoms with Gasteiger partial charge < -0.3 is 9.84 Å². The fraction of sp³-hybridized carbons (Fsp3) is 0.545. The predicted molar refractivity (Wildman–Crippen MR) is 62.0 cm³/mol. The summed E-state index contributed by atoms with van der Waals surface area (Å²) in [6.45, 7) is 3.65. The van der Waals surface area contributed by atoms with E-state index in [1.54, 1.807) is 0 Å². The number of aliphatic carboxylic acids is 1. The Morgan fingerprint density at radius 2 is 2.31 bits per heavy atom. The van der Waals surface area contributed by atoms with Gasteiger partial charge in [0.2, 0.25) is 0 Å². The molecule has 5 heteroatoms. The minimum atomic E-state index is -0.742. The molecule has 1 atom stereocenters. The quantitative estimate of drug-likeness (QED) is 0.862. The highest BCUT2D eigenvalue weighted by Crippen LogP contribution is 2.22. The SMILES string of the molecule is O=C(O)C(CN1CCOCC1)c1cccs1. The minimum Gasteiger partial charge on any atom is -0.481 e. The van der Waals surface area contributed by atoms with Crippen molar-refractivity contribution in [1.29, 1.82) is 0 Å². The average Bonchev–Trinajstić information content (AvgIpc) is 2.80. The van der Waals surface area contributed by atoms with E-state index < -0.39 is 11.9 Å². The van der Waals surface area contributed by atoms with Gasteiger partial charge in [0, 0.05) is 24.5 Å². The fourth-order valence-corrected chi connectivity index (χ4v) is 2.63. The molecule has 0 radical (unpaired) electrons. The summed E-state index contributed by atoms with van der Waals surface area (Å²) in [4.78, 5) is 14.3. The van der Waals surface area contributed by atoms with Gasteiger partial charge in [0.1, 0.15) is 5.92 Å². The van der Waals surface area contributed by atoms with Crippen LogP contribution in [-0.4, -0.2) is 48.8 Å². The third-order valence-corrected chi connectivity index (χ3v) is 3.72. The van der Waals surface area contributed by atoms with E-state index in [0.717, 1.165) is 18.0 Å². The molecular formula is C11H15NO3S. The van der Waals surface area contributed by atoms with Gasteiger partial charge >= 0.3 is 5.97 Å². The van der Waals surface area contributed by atoms with E-state index in [4.69, 9.17) is 4.74 Å². The molecule has 0 saturated carbocycles. The van der Waals surface area contributed by atoms with Gasteiger partial charge in [0.05, 0.1) is 13.2 Å². The van der Waals surface area contributed by atoms with Crippen LogP contribution in [0.3, 0.4) is 0 Å². The molecule has 0 amide bonds. The lowest BCUT2D eigenvalue weighted by molar-refractivity contribution is -0.139. The van der Waals surface area contributed by atoms with Crippen molar-refractivity contribution in [2.24, 2.45) is 0 Å². The van der Waals surface area contributed by atoms with Crippen LogP contribution in [0, 0.1) is 0 Å². The summed E-state index contributed by atoms with van der Waals surface area (Å²) in [6, 6.07) is 3.79. The lowest BCUT2D eigenvalue weighted by atomic mass is 10.1. The van der Waals surface area contributed by atoms with Gasteiger partial charge in [-0.2, -0.15) is 0 Å². The summed E-state index contributed by atoms with van der Waals surface area (Å²) in [6.07, 6.45) is 0. The van der Waals surface area contributed by atoms with Crippen molar-refractivity contribution in [3.8, 4) is 0 Å². The molecule has 0 aromatic carbocycles. The number of carboxylic acids is 1. The maximum Gasteiger partial charge on any atom is 0.313 e. The molecular weight excluding hydrogens is 226 g/mol. The highest BCUT2D eigenvalue weighted by atomic mass is 32.1. The lowest BCUT2D eigenvalue weighted by Gasteiger charge is -2.28. The molecule has 2 heterocycles. The molecule has 1 aliphatic rings. The topological polar surface area (TPSA) is 49.8 Å². The van der Waals surface area contributed by atoms with E-state index in [2.05, 4.69) is 4.90 Å². The summed E-state index contributed by atoms with van der Waals surface area (Å²) in [5, 5.41) is 11.1. The monoisotopic (exact) mass is 241 g/mol. The van der Waals surface area contributed by atoms with E-state index in [1.807, 2.05) is 17.5 Å². The second-order valence-electron chi connectivity index (χ2n) is 3.82. The normalized spacial score (nSPS) is 19.5. The Labute approximate surface area is 98.4 Å². The van der Waals surface area contributed by atoms with Crippen LogP contribution in [-0.2, 0) is 9.53 Å². The third kappa shape index (κ3) is 2.81. The molecule has 1 aromatic rings. The summed E-state index contributed by atoms with van der Waals surface area (Å²) < 4.78 is 5.25. The molecule has 1 saturated heterocycles. The maximum absolute atomic E-state index is 11.2. The zero-order valence-corrected chi connectivity index (χ0v) is 9.78. The summed E-state index contributed by atoms with van der Waals surface area (Å²) in [5.41, 5.74) is 0. The largest absolute Gasteiger partial charge is 0.481 e. The van der Waals surface area contributed by atoms with Crippen molar-refractivity contribution in [2.75, 3.05) is 32.8 Å². The predicted octanol–water partition coefficient (Wildman–Crippen LogP) is 1.25. The van der Waals surface area contributed by atoms with Gasteiger partial charge in [-0.1, -0.05) is 6.07 Å². The van der Waals surface area contributed by atoms with Crippen LogP contribution >= 0.6 is 11.3 Å². The highest BCUT2D eigenvalue weighted by molar-refractivity contribution is 7.10. The van der Waals surface area contributed by atoms with E-state index in [9.17, 15) is 9.90 Å². The summed E-state index contributed by atoms with van der Waals surface area (Å²) in [5.74, 6) is -1.15. The Bertz CT molecular complexity index is 333. The Hall–Kier alpha value is -0.910. The molecule has 16 heavy (non-hydrogen) atoms.